The molecular formula is C5H3BrN4O. The first-order valence-corrected chi connectivity index (χ1v) is 3.58. The van der Waals surface area contributed by atoms with Gasteiger partial charge >= 0.3 is 5.69 Å². The lowest BCUT2D eigenvalue weighted by atomic mass is 10.7. The van der Waals surface area contributed by atoms with Crippen LogP contribution in [0, 0.1) is 0 Å². The molecule has 11 heavy (non-hydrogen) atoms. The van der Waals surface area contributed by atoms with Crippen molar-refractivity contribution in [1.29, 1.82) is 0 Å². The van der Waals surface area contributed by atoms with Crippen LogP contribution in [-0.2, 0) is 0 Å². The summed E-state index contributed by atoms with van der Waals surface area (Å²) in [6, 6.07) is 0. The molecule has 5 nitrogen and oxygen atoms in total. The van der Waals surface area contributed by atoms with Crippen LogP contribution >= 0.6 is 16.1 Å². The fourth-order valence-corrected chi connectivity index (χ4v) is 1.16. The number of hydrogen-bond donors (Lipinski definition) is 1. The largest absolute Gasteiger partial charge is 0.339 e. The minimum absolute atomic E-state index is 0.272. The third-order valence-electron chi connectivity index (χ3n) is 1.27. The van der Waals surface area contributed by atoms with Crippen LogP contribution in [0.2, 0.25) is 0 Å². The third kappa shape index (κ3) is 0.864. The zero-order chi connectivity index (χ0) is 7.84. The standard InChI is InChI=1S/C5H3BrN4O/c6-10-4-3(9-5(10)11)7-1-2-8-4/h1-2H,(H,7,9,11). The molecule has 0 bridgehead atoms. The number of H-pyrrole nitrogens is 1. The topological polar surface area (TPSA) is 63.6 Å². The van der Waals surface area contributed by atoms with Crippen LogP contribution in [0.15, 0.2) is 17.2 Å². The van der Waals surface area contributed by atoms with E-state index in [-0.39, 0.29) is 5.69 Å². The van der Waals surface area contributed by atoms with Gasteiger partial charge in [0.15, 0.2) is 11.3 Å². The van der Waals surface area contributed by atoms with Gasteiger partial charge in [-0.3, -0.25) is 4.98 Å². The number of aromatic nitrogens is 4. The summed E-state index contributed by atoms with van der Waals surface area (Å²) in [4.78, 5) is 21.3. The fraction of sp³-hybridized carbons (Fsp3) is 0. The van der Waals surface area contributed by atoms with Gasteiger partial charge in [-0.1, -0.05) is 0 Å². The molecule has 0 amide bonds. The summed E-state index contributed by atoms with van der Waals surface area (Å²) < 4.78 is 1.23. The van der Waals surface area contributed by atoms with Crippen LogP contribution in [0.4, 0.5) is 0 Å². The van der Waals surface area contributed by atoms with E-state index in [1.807, 2.05) is 0 Å². The van der Waals surface area contributed by atoms with Crippen molar-refractivity contribution < 1.29 is 0 Å². The van der Waals surface area contributed by atoms with E-state index in [2.05, 4.69) is 31.1 Å². The van der Waals surface area contributed by atoms with Gasteiger partial charge in [0.05, 0.1) is 16.1 Å². The number of halogens is 1. The maximum atomic E-state index is 10.9. The van der Waals surface area contributed by atoms with Crippen molar-refractivity contribution in [1.82, 2.24) is 18.5 Å². The Morgan fingerprint density at radius 1 is 1.45 bits per heavy atom. The third-order valence-corrected chi connectivity index (χ3v) is 1.93. The summed E-state index contributed by atoms with van der Waals surface area (Å²) in [6.45, 7) is 0. The Kier molecular flexibility index (Phi) is 1.28. The van der Waals surface area contributed by atoms with Crippen LogP contribution in [0.1, 0.15) is 0 Å². The molecule has 2 heterocycles. The normalized spacial score (nSPS) is 10.6. The molecule has 2 aromatic rings. The maximum absolute atomic E-state index is 10.9. The molecule has 56 valence electrons. The SMILES string of the molecule is O=c1[nH]c2nccnc2n1Br. The van der Waals surface area contributed by atoms with Gasteiger partial charge in [0.2, 0.25) is 0 Å². The van der Waals surface area contributed by atoms with Crippen molar-refractivity contribution in [2.24, 2.45) is 0 Å². The molecule has 0 aliphatic heterocycles. The van der Waals surface area contributed by atoms with E-state index in [1.54, 1.807) is 0 Å². The van der Waals surface area contributed by atoms with Gasteiger partial charge in [-0.05, 0) is 0 Å². The second kappa shape index (κ2) is 2.16. The number of nitrogens with one attached hydrogen (secondary N) is 1. The summed E-state index contributed by atoms with van der Waals surface area (Å²) in [7, 11) is 0. The van der Waals surface area contributed by atoms with Crippen molar-refractivity contribution in [3.05, 3.63) is 22.9 Å². The Hall–Kier alpha value is -1.17. The highest BCUT2D eigenvalue weighted by atomic mass is 79.9. The Morgan fingerprint density at radius 2 is 2.18 bits per heavy atom. The number of rotatable bonds is 0. The van der Waals surface area contributed by atoms with Crippen LogP contribution in [0.5, 0.6) is 0 Å². The lowest BCUT2D eigenvalue weighted by Crippen LogP contribution is -2.07. The lowest BCUT2D eigenvalue weighted by Gasteiger charge is -1.85. The number of aromatic amines is 1. The predicted octanol–water partition coefficient (Wildman–Crippen LogP) is 0.278. The number of nitrogens with zero attached hydrogens (tertiary/aromatic N) is 3. The molecule has 0 aliphatic rings. The molecule has 0 radical (unpaired) electrons. The number of imidazole rings is 1. The van der Waals surface area contributed by atoms with E-state index in [1.165, 1.54) is 16.0 Å². The van der Waals surface area contributed by atoms with Crippen molar-refractivity contribution >= 4 is 27.4 Å². The monoisotopic (exact) mass is 214 g/mol. The summed E-state index contributed by atoms with van der Waals surface area (Å²) in [5, 5.41) is 0. The second-order valence-corrected chi connectivity index (χ2v) is 2.65. The molecular weight excluding hydrogens is 212 g/mol. The lowest BCUT2D eigenvalue weighted by molar-refractivity contribution is 1.15. The Bertz CT molecular complexity index is 445. The average molecular weight is 215 g/mol. The number of hydrogen-bond acceptors (Lipinski definition) is 3. The summed E-state index contributed by atoms with van der Waals surface area (Å²) in [6.07, 6.45) is 3.04. The van der Waals surface area contributed by atoms with E-state index < -0.39 is 0 Å². The van der Waals surface area contributed by atoms with Crippen molar-refractivity contribution in [2.45, 2.75) is 0 Å². The first-order valence-electron chi connectivity index (χ1n) is 2.87. The van der Waals surface area contributed by atoms with E-state index in [9.17, 15) is 4.79 Å². The molecule has 0 saturated carbocycles. The van der Waals surface area contributed by atoms with Gasteiger partial charge in [0.1, 0.15) is 0 Å². The molecule has 0 unspecified atom stereocenters. The van der Waals surface area contributed by atoms with Gasteiger partial charge in [-0.25, -0.2) is 18.4 Å². The zero-order valence-corrected chi connectivity index (χ0v) is 6.87. The van der Waals surface area contributed by atoms with Crippen LogP contribution in [0.3, 0.4) is 0 Å². The van der Waals surface area contributed by atoms with Crippen molar-refractivity contribution in [3.63, 3.8) is 0 Å². The highest BCUT2D eigenvalue weighted by Crippen LogP contribution is 2.03. The van der Waals surface area contributed by atoms with Gasteiger partial charge in [-0.2, -0.15) is 0 Å². The van der Waals surface area contributed by atoms with Gasteiger partial charge < -0.3 is 0 Å². The average Bonchev–Trinajstić information content (AvgIpc) is 2.30. The number of fused-ring (bicyclic) bond motifs is 1. The molecule has 2 aromatic heterocycles. The Labute approximate surface area is 69.4 Å². The first kappa shape index (κ1) is 6.53. The van der Waals surface area contributed by atoms with Crippen molar-refractivity contribution in [3.8, 4) is 0 Å². The molecule has 1 N–H and O–H groups in total. The molecule has 0 aromatic carbocycles. The highest BCUT2D eigenvalue weighted by Gasteiger charge is 2.03. The van der Waals surface area contributed by atoms with Crippen molar-refractivity contribution in [2.75, 3.05) is 0 Å². The molecule has 6 heteroatoms. The summed E-state index contributed by atoms with van der Waals surface area (Å²) >= 11 is 3.02. The van der Waals surface area contributed by atoms with Crippen LogP contribution in [-0.4, -0.2) is 18.5 Å². The summed E-state index contributed by atoms with van der Waals surface area (Å²) in [5.74, 6) is 0. The van der Waals surface area contributed by atoms with Gasteiger partial charge in [0, 0.05) is 12.4 Å². The minimum Gasteiger partial charge on any atom is -0.288 e. The van der Waals surface area contributed by atoms with E-state index in [0.29, 0.717) is 11.3 Å². The zero-order valence-electron chi connectivity index (χ0n) is 5.28. The maximum Gasteiger partial charge on any atom is 0.339 e. The van der Waals surface area contributed by atoms with Crippen LogP contribution in [0.25, 0.3) is 11.3 Å². The van der Waals surface area contributed by atoms with Crippen LogP contribution < -0.4 is 5.69 Å². The van der Waals surface area contributed by atoms with E-state index in [4.69, 9.17) is 0 Å². The van der Waals surface area contributed by atoms with E-state index in [0.717, 1.165) is 0 Å². The quantitative estimate of drug-likeness (QED) is 0.686. The molecule has 0 fully saturated rings. The van der Waals surface area contributed by atoms with E-state index >= 15 is 0 Å². The Balaban J connectivity index is 3.04. The summed E-state index contributed by atoms with van der Waals surface area (Å²) in [5.41, 5.74) is 0.707. The van der Waals surface area contributed by atoms with Gasteiger partial charge in [-0.15, -0.1) is 0 Å². The molecule has 0 saturated heterocycles. The molecule has 0 atom stereocenters. The fourth-order valence-electron chi connectivity index (χ4n) is 0.809. The predicted molar refractivity (Wildman–Crippen MR) is 42.5 cm³/mol. The first-order chi connectivity index (χ1) is 5.29. The minimum atomic E-state index is -0.272. The second-order valence-electron chi connectivity index (χ2n) is 1.94. The highest BCUT2D eigenvalue weighted by molar-refractivity contribution is 9.08. The molecule has 0 spiro atoms. The Morgan fingerprint density at radius 3 is 2.91 bits per heavy atom. The molecule has 2 rings (SSSR count). The molecule has 0 aliphatic carbocycles. The van der Waals surface area contributed by atoms with Gasteiger partial charge in [0.25, 0.3) is 0 Å². The smallest absolute Gasteiger partial charge is 0.288 e.